The minimum absolute atomic E-state index is 0.593. The van der Waals surface area contributed by atoms with Crippen LogP contribution in [0.1, 0.15) is 19.4 Å². The Morgan fingerprint density at radius 3 is 1.75 bits per heavy atom. The van der Waals surface area contributed by atoms with Gasteiger partial charge < -0.3 is 10.2 Å². The van der Waals surface area contributed by atoms with Crippen molar-refractivity contribution in [3.63, 3.8) is 0 Å². The minimum atomic E-state index is -1.04. The Morgan fingerprint density at radius 1 is 0.950 bits per heavy atom. The zero-order chi connectivity index (χ0) is 15.0. The molecule has 4 nitrogen and oxygen atoms in total. The van der Waals surface area contributed by atoms with Gasteiger partial charge in [0.1, 0.15) is 0 Å². The maximum atomic E-state index is 10.1. The molecule has 0 atom stereocenters. The van der Waals surface area contributed by atoms with Crippen LogP contribution < -0.4 is 5.32 Å². The zero-order valence-corrected chi connectivity index (χ0v) is 11.6. The van der Waals surface area contributed by atoms with Crippen LogP contribution in [0.15, 0.2) is 60.7 Å². The number of anilines is 1. The molecule has 0 spiro atoms. The summed E-state index contributed by atoms with van der Waals surface area (Å²) in [7, 11) is 0. The van der Waals surface area contributed by atoms with Gasteiger partial charge in [0.15, 0.2) is 0 Å². The number of rotatable bonds is 2. The van der Waals surface area contributed by atoms with Crippen molar-refractivity contribution in [1.29, 1.82) is 0 Å². The third-order valence-corrected chi connectivity index (χ3v) is 2.51. The standard InChI is InChI=1S/C9H12O.C7H7NO2/c1-9(2,10)8-6-4-3-5-7-8;9-7(10)8-6-4-2-1-3-5-6/h3-7,10H,1-2H3;1-5,8H,(H,9,10). The van der Waals surface area contributed by atoms with Crippen LogP contribution in [0.25, 0.3) is 0 Å². The number of carboxylic acid groups (broad SMARTS) is 1. The van der Waals surface area contributed by atoms with Gasteiger partial charge in [-0.3, -0.25) is 5.32 Å². The van der Waals surface area contributed by atoms with E-state index in [9.17, 15) is 9.90 Å². The van der Waals surface area contributed by atoms with E-state index in [0.29, 0.717) is 5.69 Å². The first kappa shape index (κ1) is 15.7. The molecule has 0 fully saturated rings. The molecule has 0 aliphatic heterocycles. The number of carbonyl (C=O) groups is 1. The van der Waals surface area contributed by atoms with Crippen molar-refractivity contribution in [3.8, 4) is 0 Å². The molecule has 2 rings (SSSR count). The van der Waals surface area contributed by atoms with Gasteiger partial charge in [0.2, 0.25) is 0 Å². The van der Waals surface area contributed by atoms with Gasteiger partial charge in [-0.1, -0.05) is 48.5 Å². The molecule has 0 heterocycles. The van der Waals surface area contributed by atoms with Gasteiger partial charge in [0.25, 0.3) is 0 Å². The molecule has 0 radical (unpaired) electrons. The molecule has 3 N–H and O–H groups in total. The van der Waals surface area contributed by atoms with Crippen molar-refractivity contribution in [2.45, 2.75) is 19.4 Å². The lowest BCUT2D eigenvalue weighted by Crippen LogP contribution is -2.14. The Bertz CT molecular complexity index is 518. The fourth-order valence-electron chi connectivity index (χ4n) is 1.49. The highest BCUT2D eigenvalue weighted by atomic mass is 16.4. The first-order valence-electron chi connectivity index (χ1n) is 6.22. The number of aliphatic hydroxyl groups is 1. The van der Waals surface area contributed by atoms with Crippen molar-refractivity contribution in [3.05, 3.63) is 66.2 Å². The van der Waals surface area contributed by atoms with E-state index in [4.69, 9.17) is 5.11 Å². The molecule has 0 bridgehead atoms. The van der Waals surface area contributed by atoms with E-state index < -0.39 is 11.7 Å². The summed E-state index contributed by atoms with van der Waals surface area (Å²) in [5, 5.41) is 20.0. The molecule has 0 unspecified atom stereocenters. The molecule has 20 heavy (non-hydrogen) atoms. The van der Waals surface area contributed by atoms with Crippen molar-refractivity contribution in [1.82, 2.24) is 0 Å². The van der Waals surface area contributed by atoms with Crippen LogP contribution in [-0.4, -0.2) is 16.3 Å². The van der Waals surface area contributed by atoms with Crippen LogP contribution in [0.4, 0.5) is 10.5 Å². The van der Waals surface area contributed by atoms with Gasteiger partial charge in [0.05, 0.1) is 5.60 Å². The molecule has 2 aromatic carbocycles. The van der Waals surface area contributed by atoms with Gasteiger partial charge in [0, 0.05) is 5.69 Å². The lowest BCUT2D eigenvalue weighted by atomic mass is 9.99. The van der Waals surface area contributed by atoms with E-state index in [-0.39, 0.29) is 0 Å². The summed E-state index contributed by atoms with van der Waals surface area (Å²) in [6.07, 6.45) is -1.04. The molecule has 0 aromatic heterocycles. The maximum absolute atomic E-state index is 10.1. The average molecular weight is 273 g/mol. The maximum Gasteiger partial charge on any atom is 0.409 e. The summed E-state index contributed by atoms with van der Waals surface area (Å²) >= 11 is 0. The van der Waals surface area contributed by atoms with Gasteiger partial charge in [-0.15, -0.1) is 0 Å². The van der Waals surface area contributed by atoms with E-state index in [0.717, 1.165) is 5.56 Å². The fraction of sp³-hybridized carbons (Fsp3) is 0.188. The van der Waals surface area contributed by atoms with Gasteiger partial charge in [-0.2, -0.15) is 0 Å². The quantitative estimate of drug-likeness (QED) is 0.781. The monoisotopic (exact) mass is 273 g/mol. The summed E-state index contributed by atoms with van der Waals surface area (Å²) in [5.74, 6) is 0. The van der Waals surface area contributed by atoms with E-state index >= 15 is 0 Å². The van der Waals surface area contributed by atoms with Crippen LogP contribution in [0.3, 0.4) is 0 Å². The van der Waals surface area contributed by atoms with Gasteiger partial charge >= 0.3 is 6.09 Å². The zero-order valence-electron chi connectivity index (χ0n) is 11.6. The van der Waals surface area contributed by atoms with Crippen LogP contribution in [-0.2, 0) is 5.60 Å². The molecular weight excluding hydrogens is 254 g/mol. The molecule has 2 aromatic rings. The second-order valence-electron chi connectivity index (χ2n) is 4.72. The Hall–Kier alpha value is -2.33. The van der Waals surface area contributed by atoms with E-state index in [1.807, 2.05) is 36.4 Å². The Balaban J connectivity index is 0.000000200. The van der Waals surface area contributed by atoms with E-state index in [1.54, 1.807) is 38.1 Å². The molecule has 4 heteroatoms. The number of para-hydroxylation sites is 1. The summed E-state index contributed by atoms with van der Waals surface area (Å²) in [6, 6.07) is 18.4. The van der Waals surface area contributed by atoms with E-state index in [2.05, 4.69) is 5.32 Å². The highest BCUT2D eigenvalue weighted by Gasteiger charge is 2.13. The molecule has 0 saturated carbocycles. The summed E-state index contributed by atoms with van der Waals surface area (Å²) in [6.45, 7) is 3.56. The number of amides is 1. The Morgan fingerprint density at radius 2 is 1.40 bits per heavy atom. The van der Waals surface area contributed by atoms with Gasteiger partial charge in [-0.05, 0) is 31.5 Å². The van der Waals surface area contributed by atoms with Crippen molar-refractivity contribution in [2.75, 3.05) is 5.32 Å². The normalized spacial score (nSPS) is 10.2. The van der Waals surface area contributed by atoms with E-state index in [1.165, 1.54) is 0 Å². The first-order valence-corrected chi connectivity index (χ1v) is 6.22. The molecule has 106 valence electrons. The number of benzene rings is 2. The number of hydrogen-bond donors (Lipinski definition) is 3. The van der Waals surface area contributed by atoms with Crippen LogP contribution in [0.5, 0.6) is 0 Å². The largest absolute Gasteiger partial charge is 0.465 e. The van der Waals surface area contributed by atoms with Crippen molar-refractivity contribution >= 4 is 11.8 Å². The summed E-state index contributed by atoms with van der Waals surface area (Å²) in [5.41, 5.74) is 0.839. The first-order chi connectivity index (χ1) is 9.39. The fourth-order valence-corrected chi connectivity index (χ4v) is 1.49. The van der Waals surface area contributed by atoms with Crippen LogP contribution >= 0.6 is 0 Å². The van der Waals surface area contributed by atoms with Crippen LogP contribution in [0, 0.1) is 0 Å². The minimum Gasteiger partial charge on any atom is -0.465 e. The van der Waals surface area contributed by atoms with Crippen molar-refractivity contribution < 1.29 is 15.0 Å². The highest BCUT2D eigenvalue weighted by Crippen LogP contribution is 2.17. The number of nitrogens with one attached hydrogen (secondary N) is 1. The molecular formula is C16H19NO3. The topological polar surface area (TPSA) is 69.6 Å². The second kappa shape index (κ2) is 7.31. The SMILES string of the molecule is CC(C)(O)c1ccccc1.O=C(O)Nc1ccccc1. The molecule has 1 amide bonds. The lowest BCUT2D eigenvalue weighted by Gasteiger charge is -2.16. The third-order valence-electron chi connectivity index (χ3n) is 2.51. The Labute approximate surface area is 118 Å². The smallest absolute Gasteiger partial charge is 0.409 e. The summed E-state index contributed by atoms with van der Waals surface area (Å²) < 4.78 is 0. The Kier molecular flexibility index (Phi) is 5.74. The lowest BCUT2D eigenvalue weighted by molar-refractivity contribution is 0.0786. The summed E-state index contributed by atoms with van der Waals surface area (Å²) in [4.78, 5) is 10.1. The molecule has 0 aliphatic carbocycles. The molecule has 0 aliphatic rings. The third kappa shape index (κ3) is 6.02. The predicted molar refractivity (Wildman–Crippen MR) is 79.8 cm³/mol. The van der Waals surface area contributed by atoms with Crippen LogP contribution in [0.2, 0.25) is 0 Å². The average Bonchev–Trinajstić information content (AvgIpc) is 2.40. The van der Waals surface area contributed by atoms with Crippen molar-refractivity contribution in [2.24, 2.45) is 0 Å². The molecule has 0 saturated heterocycles. The predicted octanol–water partition coefficient (Wildman–Crippen LogP) is 3.69. The second-order valence-corrected chi connectivity index (χ2v) is 4.72. The van der Waals surface area contributed by atoms with Gasteiger partial charge in [-0.25, -0.2) is 4.79 Å². The highest BCUT2D eigenvalue weighted by molar-refractivity contribution is 5.82. The number of hydrogen-bond acceptors (Lipinski definition) is 2.